The van der Waals surface area contributed by atoms with E-state index in [2.05, 4.69) is 16.1 Å². The zero-order chi connectivity index (χ0) is 16.0. The van der Waals surface area contributed by atoms with Gasteiger partial charge in [0.1, 0.15) is 0 Å². The van der Waals surface area contributed by atoms with E-state index in [-0.39, 0.29) is 0 Å². The van der Waals surface area contributed by atoms with Crippen LogP contribution < -0.4 is 0 Å². The quantitative estimate of drug-likeness (QED) is 0.609. The Labute approximate surface area is 142 Å². The van der Waals surface area contributed by atoms with Crippen LogP contribution in [0, 0.1) is 5.41 Å². The average Bonchev–Trinajstić information content (AvgIpc) is 2.62. The fraction of sp³-hybridized carbons (Fsp3) is 0.200. The Morgan fingerprint density at radius 3 is 1.83 bits per heavy atom. The molecule has 0 aliphatic heterocycles. The van der Waals surface area contributed by atoms with Crippen LogP contribution in [0.2, 0.25) is 0 Å². The highest BCUT2D eigenvalue weighted by molar-refractivity contribution is 6.33. The molecule has 0 bridgehead atoms. The topological polar surface area (TPSA) is 24.7 Å². The Hall–Kier alpha value is -2.19. The van der Waals surface area contributed by atoms with E-state index < -0.39 is 5.41 Å². The highest BCUT2D eigenvalue weighted by atomic mass is 35.5. The summed E-state index contributed by atoms with van der Waals surface area (Å²) >= 11 is 6.55. The van der Waals surface area contributed by atoms with Crippen molar-refractivity contribution in [3.05, 3.63) is 71.8 Å². The monoisotopic (exact) mass is 322 g/mol. The van der Waals surface area contributed by atoms with E-state index in [1.807, 2.05) is 73.1 Å². The second-order valence-electron chi connectivity index (χ2n) is 5.67. The molecule has 0 radical (unpaired) electrons. The summed E-state index contributed by atoms with van der Waals surface area (Å²) in [6.07, 6.45) is 8.98. The molecule has 0 N–H and O–H groups in total. The molecular formula is C20H19ClN2. The highest BCUT2D eigenvalue weighted by Crippen LogP contribution is 2.38. The fourth-order valence-electron chi connectivity index (χ4n) is 2.63. The van der Waals surface area contributed by atoms with Crippen molar-refractivity contribution < 1.29 is 0 Å². The largest absolute Gasteiger partial charge is 0.260 e. The van der Waals surface area contributed by atoms with Crippen molar-refractivity contribution in [2.45, 2.75) is 19.3 Å². The summed E-state index contributed by atoms with van der Waals surface area (Å²) in [5.41, 5.74) is 1.44. The number of aliphatic imine (C=N–C) groups is 2. The number of benzene rings is 2. The first-order chi connectivity index (χ1) is 11.3. The van der Waals surface area contributed by atoms with Gasteiger partial charge in [0, 0.05) is 17.5 Å². The van der Waals surface area contributed by atoms with Gasteiger partial charge in [-0.1, -0.05) is 54.1 Å². The Bertz CT molecular complexity index is 668. The zero-order valence-electron chi connectivity index (χ0n) is 12.9. The van der Waals surface area contributed by atoms with E-state index in [1.54, 1.807) is 0 Å². The molecule has 1 aliphatic rings. The third kappa shape index (κ3) is 3.96. The number of para-hydroxylation sites is 2. The second-order valence-corrected chi connectivity index (χ2v) is 6.08. The zero-order valence-corrected chi connectivity index (χ0v) is 13.7. The van der Waals surface area contributed by atoms with Gasteiger partial charge < -0.3 is 0 Å². The fourth-order valence-corrected chi connectivity index (χ4v) is 2.93. The average molecular weight is 323 g/mol. The lowest BCUT2D eigenvalue weighted by atomic mass is 9.80. The Balaban J connectivity index is 1.92. The third-order valence-corrected chi connectivity index (χ3v) is 4.47. The molecule has 0 saturated carbocycles. The van der Waals surface area contributed by atoms with Gasteiger partial charge >= 0.3 is 0 Å². The van der Waals surface area contributed by atoms with E-state index in [4.69, 9.17) is 11.6 Å². The van der Waals surface area contributed by atoms with Crippen molar-refractivity contribution in [3.8, 4) is 0 Å². The van der Waals surface area contributed by atoms with Crippen LogP contribution in [0.15, 0.2) is 81.8 Å². The number of nitrogens with zero attached hydrogens (tertiary/aromatic N) is 2. The first-order valence-electron chi connectivity index (χ1n) is 7.85. The van der Waals surface area contributed by atoms with Gasteiger partial charge in [-0.25, -0.2) is 0 Å². The summed E-state index contributed by atoms with van der Waals surface area (Å²) in [7, 11) is 0. The van der Waals surface area contributed by atoms with Crippen LogP contribution in [0.5, 0.6) is 0 Å². The lowest BCUT2D eigenvalue weighted by Gasteiger charge is -2.28. The number of hydrogen-bond acceptors (Lipinski definition) is 2. The number of allylic oxidation sites excluding steroid dienone is 2. The minimum atomic E-state index is -0.411. The third-order valence-electron chi connectivity index (χ3n) is 3.96. The maximum atomic E-state index is 6.55. The summed E-state index contributed by atoms with van der Waals surface area (Å²) in [6.45, 7) is 0. The Kier molecular flexibility index (Phi) is 5.04. The van der Waals surface area contributed by atoms with Crippen LogP contribution >= 0.6 is 11.6 Å². The van der Waals surface area contributed by atoms with Crippen LogP contribution in [0.25, 0.3) is 0 Å². The number of rotatable bonds is 4. The van der Waals surface area contributed by atoms with Crippen LogP contribution in [0.1, 0.15) is 19.3 Å². The lowest BCUT2D eigenvalue weighted by Crippen LogP contribution is -2.27. The second kappa shape index (κ2) is 7.38. The van der Waals surface area contributed by atoms with Crippen LogP contribution in [-0.4, -0.2) is 12.4 Å². The van der Waals surface area contributed by atoms with Crippen molar-refractivity contribution in [1.82, 2.24) is 0 Å². The SMILES string of the molecule is ClC1=CCCCC1(C=Nc1ccccc1)C=Nc1ccccc1. The molecule has 0 heterocycles. The maximum absolute atomic E-state index is 6.55. The minimum Gasteiger partial charge on any atom is -0.260 e. The normalized spacial score (nSPS) is 21.7. The van der Waals surface area contributed by atoms with Crippen molar-refractivity contribution in [2.24, 2.45) is 15.4 Å². The Morgan fingerprint density at radius 2 is 1.35 bits per heavy atom. The van der Waals surface area contributed by atoms with Crippen LogP contribution in [-0.2, 0) is 0 Å². The summed E-state index contributed by atoms with van der Waals surface area (Å²) in [5.74, 6) is 0. The van der Waals surface area contributed by atoms with Crippen molar-refractivity contribution in [1.29, 1.82) is 0 Å². The van der Waals surface area contributed by atoms with Gasteiger partial charge in [-0.05, 0) is 43.5 Å². The summed E-state index contributed by atoms with van der Waals surface area (Å²) < 4.78 is 0. The van der Waals surface area contributed by atoms with E-state index >= 15 is 0 Å². The predicted octanol–water partition coefficient (Wildman–Crippen LogP) is 6.08. The maximum Gasteiger partial charge on any atom is 0.0761 e. The van der Waals surface area contributed by atoms with Crippen molar-refractivity contribution in [2.75, 3.05) is 0 Å². The van der Waals surface area contributed by atoms with Gasteiger partial charge in [0.25, 0.3) is 0 Å². The predicted molar refractivity (Wildman–Crippen MR) is 99.4 cm³/mol. The molecule has 23 heavy (non-hydrogen) atoms. The van der Waals surface area contributed by atoms with Gasteiger partial charge in [-0.15, -0.1) is 0 Å². The Morgan fingerprint density at radius 1 is 0.826 bits per heavy atom. The van der Waals surface area contributed by atoms with Gasteiger partial charge in [-0.2, -0.15) is 0 Å². The molecule has 0 aromatic heterocycles. The van der Waals surface area contributed by atoms with Gasteiger partial charge in [0.05, 0.1) is 16.8 Å². The van der Waals surface area contributed by atoms with E-state index in [0.717, 1.165) is 35.7 Å². The molecule has 0 atom stereocenters. The van der Waals surface area contributed by atoms with Crippen LogP contribution in [0.4, 0.5) is 11.4 Å². The van der Waals surface area contributed by atoms with E-state index in [0.29, 0.717) is 0 Å². The lowest BCUT2D eigenvalue weighted by molar-refractivity contribution is 0.584. The van der Waals surface area contributed by atoms with E-state index in [9.17, 15) is 0 Å². The first-order valence-corrected chi connectivity index (χ1v) is 8.23. The first kappa shape index (κ1) is 15.7. The van der Waals surface area contributed by atoms with E-state index in [1.165, 1.54) is 0 Å². The summed E-state index contributed by atoms with van der Waals surface area (Å²) in [5, 5.41) is 0.808. The van der Waals surface area contributed by atoms with Crippen molar-refractivity contribution in [3.63, 3.8) is 0 Å². The number of halogens is 1. The molecule has 0 saturated heterocycles. The van der Waals surface area contributed by atoms with Gasteiger partial charge in [0.2, 0.25) is 0 Å². The molecule has 3 rings (SSSR count). The molecular weight excluding hydrogens is 304 g/mol. The standard InChI is InChI=1S/C20H19ClN2/c21-19-13-7-8-14-20(19,15-22-17-9-3-1-4-10-17)16-23-18-11-5-2-6-12-18/h1-6,9-13,15-16H,7-8,14H2. The summed E-state index contributed by atoms with van der Waals surface area (Å²) in [6, 6.07) is 19.8. The molecule has 0 fully saturated rings. The molecule has 2 nitrogen and oxygen atoms in total. The molecule has 116 valence electrons. The molecule has 2 aromatic rings. The molecule has 3 heteroatoms. The highest BCUT2D eigenvalue weighted by Gasteiger charge is 2.32. The number of hydrogen-bond donors (Lipinski definition) is 0. The molecule has 0 spiro atoms. The molecule has 2 aromatic carbocycles. The van der Waals surface area contributed by atoms with Crippen molar-refractivity contribution >= 4 is 35.4 Å². The van der Waals surface area contributed by atoms with Gasteiger partial charge in [-0.3, -0.25) is 9.98 Å². The molecule has 0 unspecified atom stereocenters. The minimum absolute atomic E-state index is 0.411. The smallest absolute Gasteiger partial charge is 0.0761 e. The molecule has 0 amide bonds. The van der Waals surface area contributed by atoms with Crippen LogP contribution in [0.3, 0.4) is 0 Å². The van der Waals surface area contributed by atoms with Gasteiger partial charge in [0.15, 0.2) is 0 Å². The summed E-state index contributed by atoms with van der Waals surface area (Å²) in [4.78, 5) is 9.25. The molecule has 1 aliphatic carbocycles.